The Kier molecular flexibility index (Phi) is 5.99. The topological polar surface area (TPSA) is 12.0 Å². The molecule has 0 aliphatic rings. The summed E-state index contributed by atoms with van der Waals surface area (Å²) in [6.45, 7) is 10.9. The highest BCUT2D eigenvalue weighted by atomic mass is 14.8. The molecule has 0 atom stereocenters. The van der Waals surface area contributed by atoms with Gasteiger partial charge in [-0.3, -0.25) is 0 Å². The SMILES string of the molecule is CCCNCC(=Cc1cc(C)ccc1C)CC. The first-order chi connectivity index (χ1) is 8.17. The molecule has 0 unspecified atom stereocenters. The third-order valence-corrected chi connectivity index (χ3v) is 3.03. The lowest BCUT2D eigenvalue weighted by molar-refractivity contribution is 0.706. The molecule has 0 spiro atoms. The normalized spacial score (nSPS) is 11.9. The number of nitrogens with one attached hydrogen (secondary N) is 1. The van der Waals surface area contributed by atoms with E-state index in [2.05, 4.69) is 57.3 Å². The largest absolute Gasteiger partial charge is 0.313 e. The second kappa shape index (κ2) is 7.29. The van der Waals surface area contributed by atoms with Crippen molar-refractivity contribution in [3.63, 3.8) is 0 Å². The molecule has 1 nitrogen and oxygen atoms in total. The van der Waals surface area contributed by atoms with Crippen molar-refractivity contribution < 1.29 is 0 Å². The highest BCUT2D eigenvalue weighted by Crippen LogP contribution is 2.15. The molecule has 0 fully saturated rings. The lowest BCUT2D eigenvalue weighted by Gasteiger charge is -2.08. The Morgan fingerprint density at radius 1 is 1.24 bits per heavy atom. The molecule has 0 radical (unpaired) electrons. The number of rotatable bonds is 6. The minimum absolute atomic E-state index is 1.01. The molecule has 0 saturated carbocycles. The van der Waals surface area contributed by atoms with Gasteiger partial charge in [-0.1, -0.05) is 49.3 Å². The number of hydrogen-bond donors (Lipinski definition) is 1. The monoisotopic (exact) mass is 231 g/mol. The number of hydrogen-bond acceptors (Lipinski definition) is 1. The zero-order chi connectivity index (χ0) is 12.7. The van der Waals surface area contributed by atoms with E-state index in [9.17, 15) is 0 Å². The summed E-state index contributed by atoms with van der Waals surface area (Å²) in [5.74, 6) is 0. The molecule has 1 rings (SSSR count). The van der Waals surface area contributed by atoms with Gasteiger partial charge in [0.1, 0.15) is 0 Å². The van der Waals surface area contributed by atoms with E-state index in [-0.39, 0.29) is 0 Å². The molecule has 0 heterocycles. The standard InChI is InChI=1S/C16H25N/c1-5-9-17-12-15(6-2)11-16-10-13(3)7-8-14(16)4/h7-8,10-11,17H,5-6,9,12H2,1-4H3. The van der Waals surface area contributed by atoms with Gasteiger partial charge in [0.2, 0.25) is 0 Å². The summed E-state index contributed by atoms with van der Waals surface area (Å²) in [5, 5.41) is 3.47. The molecule has 17 heavy (non-hydrogen) atoms. The predicted octanol–water partition coefficient (Wildman–Crippen LogP) is 4.10. The second-order valence-electron chi connectivity index (χ2n) is 4.69. The molecule has 0 aromatic heterocycles. The summed E-state index contributed by atoms with van der Waals surface area (Å²) < 4.78 is 0. The van der Waals surface area contributed by atoms with Gasteiger partial charge in [0, 0.05) is 6.54 Å². The van der Waals surface area contributed by atoms with Crippen LogP contribution in [0.2, 0.25) is 0 Å². The van der Waals surface area contributed by atoms with Crippen LogP contribution in [0.3, 0.4) is 0 Å². The van der Waals surface area contributed by atoms with E-state index in [1.54, 1.807) is 0 Å². The van der Waals surface area contributed by atoms with Crippen molar-refractivity contribution in [2.45, 2.75) is 40.5 Å². The molecule has 1 N–H and O–H groups in total. The quantitative estimate of drug-likeness (QED) is 0.727. The molecule has 0 aliphatic heterocycles. The lowest BCUT2D eigenvalue weighted by atomic mass is 10.0. The van der Waals surface area contributed by atoms with E-state index in [0.29, 0.717) is 0 Å². The zero-order valence-corrected chi connectivity index (χ0v) is 11.6. The van der Waals surface area contributed by atoms with E-state index < -0.39 is 0 Å². The minimum Gasteiger partial charge on any atom is -0.313 e. The van der Waals surface area contributed by atoms with Crippen molar-refractivity contribution >= 4 is 6.08 Å². The fourth-order valence-electron chi connectivity index (χ4n) is 1.84. The molecule has 94 valence electrons. The van der Waals surface area contributed by atoms with E-state index in [4.69, 9.17) is 0 Å². The highest BCUT2D eigenvalue weighted by molar-refractivity contribution is 5.57. The summed E-state index contributed by atoms with van der Waals surface area (Å²) >= 11 is 0. The van der Waals surface area contributed by atoms with E-state index in [1.807, 2.05) is 0 Å². The molecule has 0 bridgehead atoms. The van der Waals surface area contributed by atoms with Gasteiger partial charge in [-0.25, -0.2) is 0 Å². The average Bonchev–Trinajstić information content (AvgIpc) is 2.32. The Labute approximate surface area is 106 Å². The minimum atomic E-state index is 1.01. The maximum atomic E-state index is 3.47. The van der Waals surface area contributed by atoms with Gasteiger partial charge in [-0.2, -0.15) is 0 Å². The third-order valence-electron chi connectivity index (χ3n) is 3.03. The zero-order valence-electron chi connectivity index (χ0n) is 11.6. The predicted molar refractivity (Wildman–Crippen MR) is 77.3 cm³/mol. The van der Waals surface area contributed by atoms with Gasteiger partial charge >= 0.3 is 0 Å². The Bertz CT molecular complexity index is 377. The van der Waals surface area contributed by atoms with Gasteiger partial charge < -0.3 is 5.32 Å². The second-order valence-corrected chi connectivity index (χ2v) is 4.69. The summed E-state index contributed by atoms with van der Waals surface area (Å²) in [6, 6.07) is 6.65. The molecule has 1 aromatic rings. The van der Waals surface area contributed by atoms with Gasteiger partial charge in [-0.15, -0.1) is 0 Å². The van der Waals surface area contributed by atoms with Crippen LogP contribution in [0.4, 0.5) is 0 Å². The van der Waals surface area contributed by atoms with Crippen LogP contribution in [0.5, 0.6) is 0 Å². The first kappa shape index (κ1) is 14.0. The van der Waals surface area contributed by atoms with Crippen molar-refractivity contribution in [3.8, 4) is 0 Å². The van der Waals surface area contributed by atoms with Crippen LogP contribution < -0.4 is 5.32 Å². The van der Waals surface area contributed by atoms with Crippen molar-refractivity contribution in [1.82, 2.24) is 5.32 Å². The van der Waals surface area contributed by atoms with Crippen LogP contribution in [0.25, 0.3) is 6.08 Å². The summed E-state index contributed by atoms with van der Waals surface area (Å²) in [6.07, 6.45) is 4.65. The van der Waals surface area contributed by atoms with E-state index in [0.717, 1.165) is 19.5 Å². The summed E-state index contributed by atoms with van der Waals surface area (Å²) in [7, 11) is 0. The smallest absolute Gasteiger partial charge is 0.0167 e. The van der Waals surface area contributed by atoms with Gasteiger partial charge in [0.15, 0.2) is 0 Å². The Balaban J connectivity index is 2.78. The van der Waals surface area contributed by atoms with Crippen molar-refractivity contribution in [3.05, 3.63) is 40.5 Å². The fourth-order valence-corrected chi connectivity index (χ4v) is 1.84. The van der Waals surface area contributed by atoms with Crippen molar-refractivity contribution in [2.75, 3.05) is 13.1 Å². The van der Waals surface area contributed by atoms with Crippen LogP contribution >= 0.6 is 0 Å². The van der Waals surface area contributed by atoms with Crippen molar-refractivity contribution in [2.24, 2.45) is 0 Å². The molecular formula is C16H25N. The van der Waals surface area contributed by atoms with Crippen molar-refractivity contribution in [1.29, 1.82) is 0 Å². The highest BCUT2D eigenvalue weighted by Gasteiger charge is 1.99. The third kappa shape index (κ3) is 4.74. The van der Waals surface area contributed by atoms with Gasteiger partial charge in [-0.05, 0) is 44.4 Å². The van der Waals surface area contributed by atoms with Gasteiger partial charge in [0.05, 0.1) is 0 Å². The molecule has 0 saturated heterocycles. The maximum absolute atomic E-state index is 3.47. The van der Waals surface area contributed by atoms with Crippen LogP contribution in [-0.2, 0) is 0 Å². The Morgan fingerprint density at radius 2 is 2.00 bits per heavy atom. The fraction of sp³-hybridized carbons (Fsp3) is 0.500. The first-order valence-electron chi connectivity index (χ1n) is 6.64. The van der Waals surface area contributed by atoms with Crippen LogP contribution in [-0.4, -0.2) is 13.1 Å². The Morgan fingerprint density at radius 3 is 2.65 bits per heavy atom. The van der Waals surface area contributed by atoms with Crippen LogP contribution in [0.15, 0.2) is 23.8 Å². The first-order valence-corrected chi connectivity index (χ1v) is 6.64. The number of benzene rings is 1. The van der Waals surface area contributed by atoms with E-state index >= 15 is 0 Å². The number of aryl methyl sites for hydroxylation is 2. The molecular weight excluding hydrogens is 206 g/mol. The molecule has 1 heteroatoms. The Hall–Kier alpha value is -1.08. The average molecular weight is 231 g/mol. The van der Waals surface area contributed by atoms with Crippen LogP contribution in [0, 0.1) is 13.8 Å². The summed E-state index contributed by atoms with van der Waals surface area (Å²) in [5.41, 5.74) is 5.53. The maximum Gasteiger partial charge on any atom is 0.0167 e. The molecule has 1 aromatic carbocycles. The summed E-state index contributed by atoms with van der Waals surface area (Å²) in [4.78, 5) is 0. The molecule has 0 amide bonds. The lowest BCUT2D eigenvalue weighted by Crippen LogP contribution is -2.17. The van der Waals surface area contributed by atoms with Gasteiger partial charge in [0.25, 0.3) is 0 Å². The molecule has 0 aliphatic carbocycles. The van der Waals surface area contributed by atoms with Crippen LogP contribution in [0.1, 0.15) is 43.4 Å². The van der Waals surface area contributed by atoms with E-state index in [1.165, 1.54) is 28.7 Å².